The van der Waals surface area contributed by atoms with E-state index < -0.39 is 0 Å². The molecule has 2 nitrogen and oxygen atoms in total. The van der Waals surface area contributed by atoms with Gasteiger partial charge < -0.3 is 4.57 Å². The predicted octanol–water partition coefficient (Wildman–Crippen LogP) is 5.40. The maximum atomic E-state index is 5.64. The number of nitrogens with zero attached hydrogens (tertiary/aromatic N) is 2. The zero-order chi connectivity index (χ0) is 17.1. The number of rotatable bonds is 4. The smallest absolute Gasteiger partial charge is 0.141 e. The van der Waals surface area contributed by atoms with E-state index in [9.17, 15) is 0 Å². The molecule has 0 radical (unpaired) electrons. The van der Waals surface area contributed by atoms with Gasteiger partial charge in [-0.25, -0.2) is 4.98 Å². The van der Waals surface area contributed by atoms with Gasteiger partial charge in [-0.1, -0.05) is 72.9 Å². The van der Waals surface area contributed by atoms with Gasteiger partial charge in [-0.05, 0) is 37.7 Å². The fourth-order valence-electron chi connectivity index (χ4n) is 3.70. The molecule has 2 aromatic carbocycles. The molecule has 1 aliphatic carbocycles. The van der Waals surface area contributed by atoms with E-state index in [1.165, 1.54) is 29.7 Å². The molecule has 0 saturated carbocycles. The fraction of sp³-hybridized carbons (Fsp3) is 0.273. The minimum absolute atomic E-state index is 0.796. The van der Waals surface area contributed by atoms with E-state index in [0.29, 0.717) is 0 Å². The van der Waals surface area contributed by atoms with Gasteiger partial charge in [0.1, 0.15) is 10.5 Å². The van der Waals surface area contributed by atoms with E-state index in [1.54, 1.807) is 0 Å². The van der Waals surface area contributed by atoms with Crippen LogP contribution in [0.15, 0.2) is 60.7 Å². The number of benzene rings is 2. The van der Waals surface area contributed by atoms with Gasteiger partial charge >= 0.3 is 0 Å². The summed E-state index contributed by atoms with van der Waals surface area (Å²) in [5, 5.41) is 0. The van der Waals surface area contributed by atoms with Gasteiger partial charge in [0.05, 0.1) is 0 Å². The van der Waals surface area contributed by atoms with Crippen molar-refractivity contribution in [2.24, 2.45) is 0 Å². The molecule has 3 aromatic rings. The van der Waals surface area contributed by atoms with Crippen LogP contribution in [0, 0.1) is 4.64 Å². The van der Waals surface area contributed by atoms with Crippen LogP contribution >= 0.6 is 12.2 Å². The van der Waals surface area contributed by atoms with Crippen molar-refractivity contribution in [1.82, 2.24) is 9.55 Å². The van der Waals surface area contributed by atoms with Crippen LogP contribution in [-0.2, 0) is 25.8 Å². The highest BCUT2D eigenvalue weighted by Gasteiger charge is 2.19. The Balaban J connectivity index is 1.80. The minimum atomic E-state index is 0.796. The summed E-state index contributed by atoms with van der Waals surface area (Å²) < 4.78 is 3.22. The Morgan fingerprint density at radius 1 is 0.880 bits per heavy atom. The van der Waals surface area contributed by atoms with E-state index >= 15 is 0 Å². The Morgan fingerprint density at radius 3 is 2.32 bits per heavy atom. The maximum Gasteiger partial charge on any atom is 0.141 e. The summed E-state index contributed by atoms with van der Waals surface area (Å²) in [6.45, 7) is 0.944. The molecular weight excluding hydrogens is 324 g/mol. The van der Waals surface area contributed by atoms with E-state index in [0.717, 1.165) is 41.8 Å². The third-order valence-corrected chi connectivity index (χ3v) is 5.32. The molecule has 0 saturated heterocycles. The molecule has 126 valence electrons. The first-order valence-electron chi connectivity index (χ1n) is 9.05. The van der Waals surface area contributed by atoms with Gasteiger partial charge in [-0.3, -0.25) is 0 Å². The second-order valence-electron chi connectivity index (χ2n) is 6.63. The van der Waals surface area contributed by atoms with E-state index in [2.05, 4.69) is 59.2 Å². The Hall–Kier alpha value is -2.26. The van der Waals surface area contributed by atoms with Gasteiger partial charge in [0, 0.05) is 23.4 Å². The van der Waals surface area contributed by atoms with Crippen molar-refractivity contribution in [1.29, 1.82) is 0 Å². The van der Waals surface area contributed by atoms with Gasteiger partial charge in [-0.2, -0.15) is 0 Å². The van der Waals surface area contributed by atoms with Crippen molar-refractivity contribution in [2.45, 2.75) is 38.6 Å². The van der Waals surface area contributed by atoms with Crippen molar-refractivity contribution >= 4 is 12.2 Å². The molecule has 1 aliphatic rings. The lowest BCUT2D eigenvalue weighted by Crippen LogP contribution is -2.19. The summed E-state index contributed by atoms with van der Waals surface area (Å²) in [6.07, 6.45) is 5.65. The van der Waals surface area contributed by atoms with Crippen LogP contribution in [0.1, 0.15) is 29.7 Å². The summed E-state index contributed by atoms with van der Waals surface area (Å²) in [6, 6.07) is 21.1. The third-order valence-electron chi connectivity index (χ3n) is 4.98. The molecule has 0 atom stereocenters. The van der Waals surface area contributed by atoms with Crippen LogP contribution in [-0.4, -0.2) is 9.55 Å². The van der Waals surface area contributed by atoms with E-state index in [1.807, 2.05) is 6.07 Å². The highest BCUT2D eigenvalue weighted by Crippen LogP contribution is 2.27. The van der Waals surface area contributed by atoms with Gasteiger partial charge in [-0.15, -0.1) is 0 Å². The van der Waals surface area contributed by atoms with Gasteiger partial charge in [0.2, 0.25) is 0 Å². The van der Waals surface area contributed by atoms with Crippen LogP contribution < -0.4 is 0 Å². The molecule has 0 aliphatic heterocycles. The predicted molar refractivity (Wildman–Crippen MR) is 105 cm³/mol. The zero-order valence-electron chi connectivity index (χ0n) is 14.3. The maximum absolute atomic E-state index is 5.64. The number of aromatic nitrogens is 2. The van der Waals surface area contributed by atoms with Crippen LogP contribution in [0.5, 0.6) is 0 Å². The monoisotopic (exact) mass is 346 g/mol. The molecule has 25 heavy (non-hydrogen) atoms. The van der Waals surface area contributed by atoms with Gasteiger partial charge in [0.25, 0.3) is 0 Å². The quantitative estimate of drug-likeness (QED) is 0.589. The topological polar surface area (TPSA) is 17.8 Å². The Morgan fingerprint density at radius 2 is 1.56 bits per heavy atom. The first-order valence-corrected chi connectivity index (χ1v) is 9.46. The van der Waals surface area contributed by atoms with Crippen LogP contribution in [0.3, 0.4) is 0 Å². The lowest BCUT2D eigenvalue weighted by Gasteiger charge is -2.24. The number of aryl methyl sites for hydroxylation is 1. The first kappa shape index (κ1) is 16.2. The average molecular weight is 346 g/mol. The summed E-state index contributed by atoms with van der Waals surface area (Å²) >= 11 is 5.64. The zero-order valence-corrected chi connectivity index (χ0v) is 15.1. The number of hydrogen-bond acceptors (Lipinski definition) is 2. The molecule has 3 heteroatoms. The van der Waals surface area contributed by atoms with Crippen LogP contribution in [0.2, 0.25) is 0 Å². The van der Waals surface area contributed by atoms with Crippen molar-refractivity contribution < 1.29 is 0 Å². The molecule has 4 rings (SSSR count). The molecule has 0 amide bonds. The van der Waals surface area contributed by atoms with Crippen LogP contribution in [0.25, 0.3) is 11.4 Å². The highest BCUT2D eigenvalue weighted by molar-refractivity contribution is 7.71. The lowest BCUT2D eigenvalue weighted by molar-refractivity contribution is 0.577. The standard InChI is InChI=1S/C22H22N2S/c25-22-19-13-7-8-14-20(19)24(16-15-17-9-3-1-4-10-17)21(23-22)18-11-5-2-6-12-18/h1-6,9-12H,7-8,13-16H2. The largest absolute Gasteiger partial charge is 0.329 e. The van der Waals surface area contributed by atoms with Crippen molar-refractivity contribution in [2.75, 3.05) is 0 Å². The van der Waals surface area contributed by atoms with E-state index in [4.69, 9.17) is 17.2 Å². The van der Waals surface area contributed by atoms with E-state index in [-0.39, 0.29) is 0 Å². The minimum Gasteiger partial charge on any atom is -0.329 e. The molecule has 0 bridgehead atoms. The fourth-order valence-corrected chi connectivity index (χ4v) is 4.01. The van der Waals surface area contributed by atoms with Crippen molar-refractivity contribution in [3.63, 3.8) is 0 Å². The number of hydrogen-bond donors (Lipinski definition) is 0. The summed E-state index contributed by atoms with van der Waals surface area (Å²) in [4.78, 5) is 4.85. The van der Waals surface area contributed by atoms with Gasteiger partial charge in [0.15, 0.2) is 0 Å². The molecule has 0 N–H and O–H groups in total. The molecular formula is C22H22N2S. The molecule has 0 unspecified atom stereocenters. The Bertz CT molecular complexity index is 914. The Labute approximate surface area is 154 Å². The third kappa shape index (κ3) is 3.42. The second-order valence-corrected chi connectivity index (χ2v) is 7.01. The molecule has 1 heterocycles. The Kier molecular flexibility index (Phi) is 4.75. The van der Waals surface area contributed by atoms with Crippen molar-refractivity contribution in [3.8, 4) is 11.4 Å². The summed E-state index contributed by atoms with van der Waals surface area (Å²) in [5.41, 5.74) is 5.21. The summed E-state index contributed by atoms with van der Waals surface area (Å²) in [5.74, 6) is 1.02. The van der Waals surface area contributed by atoms with Crippen LogP contribution in [0.4, 0.5) is 0 Å². The lowest BCUT2D eigenvalue weighted by atomic mass is 9.96. The molecule has 0 fully saturated rings. The highest BCUT2D eigenvalue weighted by atomic mass is 32.1. The normalized spacial score (nSPS) is 13.4. The average Bonchev–Trinajstić information content (AvgIpc) is 2.69. The summed E-state index contributed by atoms with van der Waals surface area (Å²) in [7, 11) is 0. The second kappa shape index (κ2) is 7.32. The number of fused-ring (bicyclic) bond motifs is 1. The first-order chi connectivity index (χ1) is 12.3. The SMILES string of the molecule is S=c1nc(-c2ccccc2)n(CCc2ccccc2)c2c1CCCC2. The van der Waals surface area contributed by atoms with Crippen molar-refractivity contribution in [3.05, 3.63) is 82.1 Å². The molecule has 0 spiro atoms. The molecule has 1 aromatic heterocycles.